The Balaban J connectivity index is 2.30. The Labute approximate surface area is 240 Å². The molecule has 1 heterocycles. The van der Waals surface area contributed by atoms with E-state index in [-0.39, 0.29) is 10.6 Å². The van der Waals surface area contributed by atoms with E-state index in [1.54, 1.807) is 0 Å². The summed E-state index contributed by atoms with van der Waals surface area (Å²) in [6.45, 7) is 1.33. The van der Waals surface area contributed by atoms with Crippen LogP contribution in [0, 0.1) is 23.0 Å². The average molecular weight is 622 g/mol. The standard InChI is InChI=1S/C26H22Cl2F5N3O5/c1-24(2,41-23(40)26(31,32)33)9-17-25(11-34,14-7-6-12(27)8-16(14)29)19(13-4-3-5-15(28)20(13)30)21(36-17)22(39)35-10-18(37)38/h3-8,17,19,21,36H,9-10H2,1-2H3,(H,35,39)(H,37,38)/t17-,19-,21+,25-/m0/s1. The second-order valence-corrected chi connectivity index (χ2v) is 10.7. The lowest BCUT2D eigenvalue weighted by Gasteiger charge is -2.38. The average Bonchev–Trinajstić information content (AvgIpc) is 3.17. The van der Waals surface area contributed by atoms with E-state index in [1.807, 2.05) is 6.07 Å². The molecule has 1 saturated heterocycles. The molecule has 1 amide bonds. The van der Waals surface area contributed by atoms with Crippen LogP contribution in [-0.2, 0) is 24.5 Å². The molecule has 2 aromatic carbocycles. The summed E-state index contributed by atoms with van der Waals surface area (Å²) in [7, 11) is 0. The van der Waals surface area contributed by atoms with E-state index in [0.29, 0.717) is 0 Å². The zero-order valence-corrected chi connectivity index (χ0v) is 22.8. The number of nitriles is 1. The predicted octanol–water partition coefficient (Wildman–Crippen LogP) is 4.63. The number of esters is 1. The van der Waals surface area contributed by atoms with Crippen molar-refractivity contribution in [1.29, 1.82) is 5.26 Å². The summed E-state index contributed by atoms with van der Waals surface area (Å²) in [6, 6.07) is 5.65. The molecule has 15 heteroatoms. The molecule has 0 bridgehead atoms. The second kappa shape index (κ2) is 11.8. The van der Waals surface area contributed by atoms with E-state index in [9.17, 15) is 32.8 Å². The topological polar surface area (TPSA) is 129 Å². The van der Waals surface area contributed by atoms with Crippen LogP contribution in [0.5, 0.6) is 0 Å². The van der Waals surface area contributed by atoms with Gasteiger partial charge in [-0.25, -0.2) is 13.6 Å². The largest absolute Gasteiger partial charge is 0.490 e. The number of nitrogens with zero attached hydrogens (tertiary/aromatic N) is 1. The van der Waals surface area contributed by atoms with Gasteiger partial charge in [-0.15, -0.1) is 0 Å². The lowest BCUT2D eigenvalue weighted by molar-refractivity contribution is -0.212. The van der Waals surface area contributed by atoms with Gasteiger partial charge in [0.05, 0.1) is 17.1 Å². The third-order valence-corrected chi connectivity index (χ3v) is 7.15. The number of amides is 1. The fourth-order valence-electron chi connectivity index (χ4n) is 5.06. The number of benzene rings is 2. The number of nitrogens with one attached hydrogen (secondary N) is 2. The predicted molar refractivity (Wildman–Crippen MR) is 135 cm³/mol. The number of aliphatic carboxylic acids is 1. The molecule has 4 atom stereocenters. The monoisotopic (exact) mass is 621 g/mol. The van der Waals surface area contributed by atoms with E-state index < -0.39 is 88.2 Å². The normalized spacial score (nSPS) is 22.6. The minimum Gasteiger partial charge on any atom is -0.480 e. The first-order chi connectivity index (χ1) is 18.9. The summed E-state index contributed by atoms with van der Waals surface area (Å²) in [5.74, 6) is -8.78. The Morgan fingerprint density at radius 3 is 2.39 bits per heavy atom. The van der Waals surface area contributed by atoms with Crippen molar-refractivity contribution in [1.82, 2.24) is 10.6 Å². The van der Waals surface area contributed by atoms with E-state index >= 15 is 8.78 Å². The molecule has 1 fully saturated rings. The third kappa shape index (κ3) is 6.55. The van der Waals surface area contributed by atoms with Crippen molar-refractivity contribution in [3.8, 4) is 6.07 Å². The molecule has 1 aliphatic rings. The van der Waals surface area contributed by atoms with Gasteiger partial charge in [-0.05, 0) is 37.6 Å². The molecule has 41 heavy (non-hydrogen) atoms. The van der Waals surface area contributed by atoms with Crippen LogP contribution in [0.1, 0.15) is 37.3 Å². The smallest absolute Gasteiger partial charge is 0.480 e. The molecule has 8 nitrogen and oxygen atoms in total. The summed E-state index contributed by atoms with van der Waals surface area (Å²) in [4.78, 5) is 36.0. The van der Waals surface area contributed by atoms with Crippen molar-refractivity contribution in [2.45, 2.75) is 55.5 Å². The van der Waals surface area contributed by atoms with Gasteiger partial charge >= 0.3 is 18.1 Å². The number of alkyl halides is 3. The van der Waals surface area contributed by atoms with Crippen LogP contribution in [0.2, 0.25) is 10.0 Å². The molecule has 0 radical (unpaired) electrons. The van der Waals surface area contributed by atoms with Crippen molar-refractivity contribution in [3.63, 3.8) is 0 Å². The zero-order chi connectivity index (χ0) is 30.9. The van der Waals surface area contributed by atoms with Gasteiger partial charge in [0.1, 0.15) is 29.2 Å². The van der Waals surface area contributed by atoms with Crippen molar-refractivity contribution in [2.24, 2.45) is 0 Å². The number of carbonyl (C=O) groups excluding carboxylic acids is 2. The van der Waals surface area contributed by atoms with Gasteiger partial charge in [-0.2, -0.15) is 18.4 Å². The van der Waals surface area contributed by atoms with Gasteiger partial charge in [0.2, 0.25) is 5.91 Å². The zero-order valence-electron chi connectivity index (χ0n) is 21.3. The Hall–Kier alpha value is -3.47. The number of carboxylic acids is 1. The first-order valence-electron chi connectivity index (χ1n) is 11.8. The maximum absolute atomic E-state index is 15.6. The first kappa shape index (κ1) is 32.0. The van der Waals surface area contributed by atoms with Gasteiger partial charge in [0.25, 0.3) is 0 Å². The molecule has 1 aliphatic heterocycles. The number of halogens is 7. The summed E-state index contributed by atoms with van der Waals surface area (Å²) in [5, 5.41) is 24.1. The highest BCUT2D eigenvalue weighted by Crippen LogP contribution is 2.52. The highest BCUT2D eigenvalue weighted by Gasteiger charge is 2.62. The summed E-state index contributed by atoms with van der Waals surface area (Å²) in [5.41, 5.74) is -4.99. The Kier molecular flexibility index (Phi) is 9.22. The number of carboxylic acid groups (broad SMARTS) is 1. The maximum atomic E-state index is 15.6. The molecule has 0 saturated carbocycles. The molecule has 0 aliphatic carbocycles. The number of rotatable bonds is 8. The molecule has 0 spiro atoms. The molecule has 220 valence electrons. The van der Waals surface area contributed by atoms with E-state index in [1.165, 1.54) is 24.3 Å². The fraction of sp³-hybridized carbons (Fsp3) is 0.385. The van der Waals surface area contributed by atoms with Crippen molar-refractivity contribution < 1.29 is 46.2 Å². The number of ether oxygens (including phenoxy) is 1. The van der Waals surface area contributed by atoms with E-state index in [4.69, 9.17) is 28.3 Å². The summed E-state index contributed by atoms with van der Waals surface area (Å²) < 4.78 is 74.7. The van der Waals surface area contributed by atoms with Gasteiger partial charge in [0.15, 0.2) is 0 Å². The SMILES string of the molecule is CC(C)(C[C@@H]1N[C@@H](C(=O)NCC(=O)O)[C@H](c2cccc(Cl)c2F)[C@@]1(C#N)c1ccc(Cl)cc1F)OC(=O)C(F)(F)F. The van der Waals surface area contributed by atoms with Crippen LogP contribution in [0.3, 0.4) is 0 Å². The van der Waals surface area contributed by atoms with Crippen molar-refractivity contribution >= 4 is 41.0 Å². The molecular formula is C26H22Cl2F5N3O5. The van der Waals surface area contributed by atoms with Crippen LogP contribution < -0.4 is 10.6 Å². The number of carbonyl (C=O) groups is 3. The van der Waals surface area contributed by atoms with Crippen molar-refractivity contribution in [3.05, 3.63) is 69.2 Å². The van der Waals surface area contributed by atoms with E-state index in [2.05, 4.69) is 15.4 Å². The molecular weight excluding hydrogens is 600 g/mol. The molecule has 0 aromatic heterocycles. The quantitative estimate of drug-likeness (QED) is 0.289. The second-order valence-electron chi connectivity index (χ2n) is 9.89. The Morgan fingerprint density at radius 2 is 1.83 bits per heavy atom. The van der Waals surface area contributed by atoms with Gasteiger partial charge < -0.3 is 20.5 Å². The molecule has 0 unspecified atom stereocenters. The van der Waals surface area contributed by atoms with Gasteiger partial charge in [-0.3, -0.25) is 9.59 Å². The van der Waals surface area contributed by atoms with Crippen LogP contribution in [-0.4, -0.2) is 53.4 Å². The van der Waals surface area contributed by atoms with Crippen LogP contribution in [0.4, 0.5) is 22.0 Å². The fourth-order valence-corrected chi connectivity index (χ4v) is 5.40. The Morgan fingerprint density at radius 1 is 1.17 bits per heavy atom. The number of hydrogen-bond donors (Lipinski definition) is 3. The lowest BCUT2D eigenvalue weighted by atomic mass is 9.63. The van der Waals surface area contributed by atoms with Crippen molar-refractivity contribution in [2.75, 3.05) is 6.54 Å². The van der Waals surface area contributed by atoms with Gasteiger partial charge in [-0.1, -0.05) is 41.4 Å². The lowest BCUT2D eigenvalue weighted by Crippen LogP contribution is -2.49. The highest BCUT2D eigenvalue weighted by atomic mass is 35.5. The van der Waals surface area contributed by atoms with Crippen LogP contribution >= 0.6 is 23.2 Å². The van der Waals surface area contributed by atoms with Crippen LogP contribution in [0.15, 0.2) is 36.4 Å². The van der Waals surface area contributed by atoms with Gasteiger partial charge in [0, 0.05) is 29.0 Å². The minimum atomic E-state index is -5.36. The summed E-state index contributed by atoms with van der Waals surface area (Å²) in [6.07, 6.45) is -5.98. The Bertz CT molecular complexity index is 1410. The maximum Gasteiger partial charge on any atom is 0.490 e. The van der Waals surface area contributed by atoms with Crippen LogP contribution in [0.25, 0.3) is 0 Å². The molecule has 3 rings (SSSR count). The first-order valence-corrected chi connectivity index (χ1v) is 12.6. The third-order valence-electron chi connectivity index (χ3n) is 6.63. The van der Waals surface area contributed by atoms with E-state index in [0.717, 1.165) is 26.0 Å². The number of hydrogen-bond acceptors (Lipinski definition) is 6. The molecule has 3 N–H and O–H groups in total. The minimum absolute atomic E-state index is 0.0810. The molecule has 2 aromatic rings. The highest BCUT2D eigenvalue weighted by molar-refractivity contribution is 6.31. The summed E-state index contributed by atoms with van der Waals surface area (Å²) >= 11 is 11.9.